The second-order valence-electron chi connectivity index (χ2n) is 7.26. The van der Waals surface area contributed by atoms with Crippen molar-refractivity contribution in [2.24, 2.45) is 0 Å². The summed E-state index contributed by atoms with van der Waals surface area (Å²) in [6, 6.07) is 11.0. The molecule has 0 aromatic heterocycles. The first-order valence-corrected chi connectivity index (χ1v) is 14.5. The van der Waals surface area contributed by atoms with Crippen molar-refractivity contribution in [1.29, 1.82) is 0 Å². The van der Waals surface area contributed by atoms with E-state index in [4.69, 9.17) is 13.6 Å². The smallest absolute Gasteiger partial charge is 0.206 e. The first-order valence-electron chi connectivity index (χ1n) is 8.66. The van der Waals surface area contributed by atoms with Gasteiger partial charge in [0.25, 0.3) is 0 Å². The van der Waals surface area contributed by atoms with Crippen LogP contribution in [0.15, 0.2) is 36.4 Å². The van der Waals surface area contributed by atoms with E-state index in [0.717, 1.165) is 22.9 Å². The minimum absolute atomic E-state index is 0.584. The summed E-state index contributed by atoms with van der Waals surface area (Å²) < 4.78 is 17.1. The fraction of sp³-hybridized carbons (Fsp3) is 0.300. The summed E-state index contributed by atoms with van der Waals surface area (Å²) in [5, 5.41) is 1.83. The maximum atomic E-state index is 11.6. The zero-order valence-corrected chi connectivity index (χ0v) is 18.7. The fourth-order valence-corrected chi connectivity index (χ4v) is 12.0. The molecule has 2 aromatic carbocycles. The van der Waals surface area contributed by atoms with Crippen molar-refractivity contribution in [2.75, 3.05) is 14.2 Å². The molecule has 0 aliphatic carbocycles. The van der Waals surface area contributed by atoms with Crippen molar-refractivity contribution in [3.05, 3.63) is 47.5 Å². The van der Waals surface area contributed by atoms with Crippen molar-refractivity contribution in [3.63, 3.8) is 0 Å². The van der Waals surface area contributed by atoms with Crippen LogP contribution in [0.1, 0.15) is 20.7 Å². The first kappa shape index (κ1) is 21.1. The number of benzene rings is 2. The van der Waals surface area contributed by atoms with E-state index in [-0.39, 0.29) is 0 Å². The van der Waals surface area contributed by atoms with Gasteiger partial charge in [-0.15, -0.1) is 0 Å². The molecule has 0 bridgehead atoms. The molecule has 0 saturated heterocycles. The SMILES string of the molecule is COc1ccc([Si](C)(C)O[Si](C)(C)c2ccc(OC)cc2C=O)c(C=O)c1. The number of carbonyl (C=O) groups is 2. The fourth-order valence-electron chi connectivity index (χ4n) is 3.37. The average molecular weight is 403 g/mol. The molecule has 0 atom stereocenters. The van der Waals surface area contributed by atoms with E-state index in [1.54, 1.807) is 26.4 Å². The Morgan fingerprint density at radius 2 is 1.07 bits per heavy atom. The van der Waals surface area contributed by atoms with Crippen LogP contribution in [-0.2, 0) is 4.12 Å². The molecular weight excluding hydrogens is 376 g/mol. The van der Waals surface area contributed by atoms with Gasteiger partial charge in [-0.3, -0.25) is 9.59 Å². The van der Waals surface area contributed by atoms with Crippen molar-refractivity contribution >= 4 is 39.6 Å². The maximum Gasteiger partial charge on any atom is 0.206 e. The Morgan fingerprint density at radius 1 is 0.704 bits per heavy atom. The monoisotopic (exact) mass is 402 g/mol. The summed E-state index contributed by atoms with van der Waals surface area (Å²) in [5.41, 5.74) is 1.17. The summed E-state index contributed by atoms with van der Waals surface area (Å²) in [6.07, 6.45) is 1.68. The number of aldehydes is 2. The van der Waals surface area contributed by atoms with Crippen LogP contribution in [0.25, 0.3) is 0 Å². The number of hydrogen-bond donors (Lipinski definition) is 0. The van der Waals surface area contributed by atoms with Crippen molar-refractivity contribution in [1.82, 2.24) is 0 Å². The average Bonchev–Trinajstić information content (AvgIpc) is 2.65. The molecule has 7 heteroatoms. The van der Waals surface area contributed by atoms with Crippen molar-refractivity contribution in [2.45, 2.75) is 26.2 Å². The van der Waals surface area contributed by atoms with Crippen LogP contribution in [0.4, 0.5) is 0 Å². The number of carbonyl (C=O) groups excluding carboxylic acids is 2. The minimum atomic E-state index is -2.43. The highest BCUT2D eigenvalue weighted by atomic mass is 28.4. The lowest BCUT2D eigenvalue weighted by atomic mass is 10.2. The van der Waals surface area contributed by atoms with Gasteiger partial charge in [0.15, 0.2) is 0 Å². The summed E-state index contributed by atoms with van der Waals surface area (Å²) in [5.74, 6) is 1.28. The van der Waals surface area contributed by atoms with Crippen LogP contribution >= 0.6 is 0 Å². The Balaban J connectivity index is 2.44. The lowest BCUT2D eigenvalue weighted by Gasteiger charge is -2.35. The van der Waals surface area contributed by atoms with Crippen LogP contribution in [-0.4, -0.2) is 43.4 Å². The van der Waals surface area contributed by atoms with Gasteiger partial charge in [-0.25, -0.2) is 0 Å². The van der Waals surface area contributed by atoms with Gasteiger partial charge in [0.2, 0.25) is 16.6 Å². The topological polar surface area (TPSA) is 61.8 Å². The van der Waals surface area contributed by atoms with Gasteiger partial charge in [0.05, 0.1) is 14.2 Å². The quantitative estimate of drug-likeness (QED) is 0.502. The third-order valence-corrected chi connectivity index (χ3v) is 12.2. The van der Waals surface area contributed by atoms with E-state index in [1.165, 1.54) is 0 Å². The standard InChI is InChI=1S/C20H26O5Si2/c1-23-17-7-9-19(15(11-17)13-21)26(3,4)25-27(5,6)20-10-8-18(24-2)12-16(20)14-22/h7-14H,1-6H3. The molecule has 0 radical (unpaired) electrons. The molecule has 5 nitrogen and oxygen atoms in total. The summed E-state index contributed by atoms with van der Waals surface area (Å²) in [6.45, 7) is 8.28. The number of rotatable bonds is 8. The lowest BCUT2D eigenvalue weighted by molar-refractivity contribution is 0.111. The van der Waals surface area contributed by atoms with Gasteiger partial charge in [-0.2, -0.15) is 0 Å². The second kappa shape index (κ2) is 8.20. The minimum Gasteiger partial charge on any atom is -0.497 e. The molecule has 0 spiro atoms. The third kappa shape index (κ3) is 4.55. The van der Waals surface area contributed by atoms with Crippen LogP contribution in [0, 0.1) is 0 Å². The van der Waals surface area contributed by atoms with Gasteiger partial charge in [0, 0.05) is 11.1 Å². The number of methoxy groups -OCH3 is 2. The summed E-state index contributed by atoms with van der Waals surface area (Å²) >= 11 is 0. The zero-order valence-electron chi connectivity index (χ0n) is 16.7. The molecule has 144 valence electrons. The van der Waals surface area contributed by atoms with Crippen molar-refractivity contribution in [3.8, 4) is 11.5 Å². The molecule has 0 amide bonds. The molecule has 0 aliphatic heterocycles. The lowest BCUT2D eigenvalue weighted by Crippen LogP contribution is -2.59. The molecule has 0 unspecified atom stereocenters. The molecular formula is C20H26O5Si2. The largest absolute Gasteiger partial charge is 0.497 e. The zero-order chi connectivity index (χ0) is 20.2. The van der Waals surface area contributed by atoms with E-state index >= 15 is 0 Å². The van der Waals surface area contributed by atoms with Crippen LogP contribution in [0.3, 0.4) is 0 Å². The summed E-state index contributed by atoms with van der Waals surface area (Å²) in [7, 11) is -1.71. The van der Waals surface area contributed by atoms with Crippen LogP contribution in [0.2, 0.25) is 26.2 Å². The first-order chi connectivity index (χ1) is 12.7. The number of hydrogen-bond acceptors (Lipinski definition) is 5. The van der Waals surface area contributed by atoms with Gasteiger partial charge >= 0.3 is 0 Å². The van der Waals surface area contributed by atoms with Gasteiger partial charge < -0.3 is 13.6 Å². The van der Waals surface area contributed by atoms with E-state index in [9.17, 15) is 9.59 Å². The Bertz CT molecular complexity index is 777. The highest BCUT2D eigenvalue weighted by molar-refractivity contribution is 6.97. The van der Waals surface area contributed by atoms with E-state index in [2.05, 4.69) is 26.2 Å². The van der Waals surface area contributed by atoms with E-state index in [1.807, 2.05) is 24.3 Å². The highest BCUT2D eigenvalue weighted by Gasteiger charge is 2.38. The third-order valence-electron chi connectivity index (χ3n) is 4.58. The molecule has 0 aliphatic rings. The predicted molar refractivity (Wildman–Crippen MR) is 112 cm³/mol. The highest BCUT2D eigenvalue weighted by Crippen LogP contribution is 2.21. The molecule has 0 saturated carbocycles. The Morgan fingerprint density at radius 3 is 1.37 bits per heavy atom. The normalized spacial score (nSPS) is 11.8. The Hall–Kier alpha value is -2.23. The van der Waals surface area contributed by atoms with Crippen LogP contribution < -0.4 is 19.8 Å². The van der Waals surface area contributed by atoms with Gasteiger partial charge in [-0.1, -0.05) is 12.1 Å². The van der Waals surface area contributed by atoms with Gasteiger partial charge in [-0.05, 0) is 60.8 Å². The second-order valence-corrected chi connectivity index (χ2v) is 15.2. The van der Waals surface area contributed by atoms with Crippen molar-refractivity contribution < 1.29 is 23.2 Å². The molecule has 0 fully saturated rings. The predicted octanol–water partition coefficient (Wildman–Crippen LogP) is 2.87. The van der Waals surface area contributed by atoms with E-state index < -0.39 is 16.6 Å². The molecule has 2 aromatic rings. The Labute approximate surface area is 162 Å². The molecule has 27 heavy (non-hydrogen) atoms. The van der Waals surface area contributed by atoms with Crippen LogP contribution in [0.5, 0.6) is 11.5 Å². The van der Waals surface area contributed by atoms with E-state index in [0.29, 0.717) is 22.6 Å². The molecule has 2 rings (SSSR count). The molecule has 0 heterocycles. The number of ether oxygens (including phenoxy) is 2. The Kier molecular flexibility index (Phi) is 6.40. The maximum absolute atomic E-state index is 11.6. The molecule has 0 N–H and O–H groups in total. The summed E-state index contributed by atoms with van der Waals surface area (Å²) in [4.78, 5) is 23.2. The van der Waals surface area contributed by atoms with Gasteiger partial charge in [0.1, 0.15) is 24.1 Å².